The lowest BCUT2D eigenvalue weighted by Crippen LogP contribution is -2.54. The average molecular weight is 590 g/mol. The summed E-state index contributed by atoms with van der Waals surface area (Å²) in [5.41, 5.74) is -1.95. The number of carbonyl (C=O) groups is 2. The van der Waals surface area contributed by atoms with Crippen molar-refractivity contribution >= 4 is 12.0 Å². The molecule has 2 N–H and O–H groups in total. The zero-order chi connectivity index (χ0) is 30.4. The number of esters is 1. The highest BCUT2D eigenvalue weighted by atomic mass is 19.3. The summed E-state index contributed by atoms with van der Waals surface area (Å²) in [6, 6.07) is 12.7. The maximum absolute atomic E-state index is 14.8. The summed E-state index contributed by atoms with van der Waals surface area (Å²) in [5, 5.41) is 4.18. The summed E-state index contributed by atoms with van der Waals surface area (Å²) in [5.74, 6) is -9.13. The fourth-order valence-electron chi connectivity index (χ4n) is 3.92. The van der Waals surface area contributed by atoms with Crippen LogP contribution in [0.5, 0.6) is 5.75 Å². The molecule has 3 rings (SSSR count). The first-order chi connectivity index (χ1) is 19.2. The second-order valence-electron chi connectivity index (χ2n) is 8.72. The van der Waals surface area contributed by atoms with E-state index < -0.39 is 59.9 Å². The first-order valence-corrected chi connectivity index (χ1v) is 11.7. The fraction of sp³-hybridized carbons (Fsp3) is 0.259. The van der Waals surface area contributed by atoms with Crippen LogP contribution in [-0.2, 0) is 21.5 Å². The van der Waals surface area contributed by atoms with E-state index in [1.807, 2.05) is 0 Å². The number of carbonyl (C=O) groups excluding carboxylic acids is 2. The molecule has 2 amide bonds. The number of nitrogens with one attached hydrogen (secondary N) is 2. The molecule has 0 radical (unpaired) electrons. The number of amides is 2. The minimum absolute atomic E-state index is 0.00907. The normalized spacial score (nSPS) is 13.3. The van der Waals surface area contributed by atoms with Crippen LogP contribution in [0.15, 0.2) is 72.8 Å². The number of halogens is 8. The minimum Gasteiger partial charge on any atom is -0.465 e. The molecule has 14 heteroatoms. The molecule has 3 aromatic carbocycles. The van der Waals surface area contributed by atoms with Crippen molar-refractivity contribution in [3.8, 4) is 5.75 Å². The van der Waals surface area contributed by atoms with Crippen molar-refractivity contribution in [1.82, 2.24) is 10.6 Å². The Hall–Kier alpha value is -4.36. The first kappa shape index (κ1) is 31.2. The number of benzene rings is 3. The van der Waals surface area contributed by atoms with Gasteiger partial charge in [-0.15, -0.1) is 0 Å². The van der Waals surface area contributed by atoms with Gasteiger partial charge in [0.15, 0.2) is 0 Å². The summed E-state index contributed by atoms with van der Waals surface area (Å²) in [6.45, 7) is -1.53. The van der Waals surface area contributed by atoms with Crippen molar-refractivity contribution in [3.05, 3.63) is 101 Å². The zero-order valence-corrected chi connectivity index (χ0v) is 21.1. The molecule has 6 nitrogen and oxygen atoms in total. The molecule has 0 heterocycles. The second kappa shape index (κ2) is 12.4. The van der Waals surface area contributed by atoms with Crippen LogP contribution < -0.4 is 15.4 Å². The Morgan fingerprint density at radius 1 is 0.854 bits per heavy atom. The molecule has 0 aliphatic heterocycles. The number of alkyl halides is 6. The second-order valence-corrected chi connectivity index (χ2v) is 8.72. The van der Waals surface area contributed by atoms with Gasteiger partial charge < -0.3 is 20.1 Å². The summed E-state index contributed by atoms with van der Waals surface area (Å²) in [7, 11) is 0.705. The standard InChI is InChI=1S/C27H22F8N2O4/c1-40-23(38)26(32,33)15-36-24(39)37-25(14-16-5-3-2-4-6-16,17-7-9-19(28)10-8-17)18-11-20(29)13-21(12-18)41-27(34,35)22(30)31/h2-13,22H,14-15H2,1H3,(H2,36,37,39). The van der Waals surface area contributed by atoms with Crippen LogP contribution in [0.2, 0.25) is 0 Å². The Morgan fingerprint density at radius 2 is 1.49 bits per heavy atom. The van der Waals surface area contributed by atoms with E-state index in [0.29, 0.717) is 18.7 Å². The van der Waals surface area contributed by atoms with Crippen LogP contribution in [0.1, 0.15) is 16.7 Å². The molecule has 0 aliphatic rings. The third kappa shape index (κ3) is 7.64. The van der Waals surface area contributed by atoms with Crippen molar-refractivity contribution in [2.75, 3.05) is 13.7 Å². The van der Waals surface area contributed by atoms with Gasteiger partial charge in [-0.05, 0) is 41.0 Å². The summed E-state index contributed by atoms with van der Waals surface area (Å²) < 4.78 is 118. The van der Waals surface area contributed by atoms with Crippen molar-refractivity contribution < 1.29 is 54.2 Å². The van der Waals surface area contributed by atoms with Crippen molar-refractivity contribution in [2.24, 2.45) is 0 Å². The predicted molar refractivity (Wildman–Crippen MR) is 129 cm³/mol. The monoisotopic (exact) mass is 590 g/mol. The van der Waals surface area contributed by atoms with E-state index in [1.165, 1.54) is 0 Å². The smallest absolute Gasteiger partial charge is 0.461 e. The lowest BCUT2D eigenvalue weighted by atomic mass is 9.77. The summed E-state index contributed by atoms with van der Waals surface area (Å²) in [6.07, 6.45) is -9.61. The Labute approximate surface area is 228 Å². The Balaban J connectivity index is 2.18. The number of methoxy groups -OCH3 is 1. The molecule has 0 aromatic heterocycles. The van der Waals surface area contributed by atoms with Gasteiger partial charge in [0, 0.05) is 12.5 Å². The van der Waals surface area contributed by atoms with Gasteiger partial charge in [0.25, 0.3) is 0 Å². The van der Waals surface area contributed by atoms with Gasteiger partial charge in [0.05, 0.1) is 19.2 Å². The highest BCUT2D eigenvalue weighted by Crippen LogP contribution is 2.38. The topological polar surface area (TPSA) is 76.7 Å². The molecule has 0 aliphatic carbocycles. The van der Waals surface area contributed by atoms with Gasteiger partial charge in [-0.1, -0.05) is 42.5 Å². The van der Waals surface area contributed by atoms with Gasteiger partial charge in [-0.3, -0.25) is 0 Å². The van der Waals surface area contributed by atoms with E-state index in [0.717, 1.165) is 36.4 Å². The van der Waals surface area contributed by atoms with E-state index in [4.69, 9.17) is 0 Å². The fourth-order valence-corrected chi connectivity index (χ4v) is 3.92. The van der Waals surface area contributed by atoms with Crippen LogP contribution in [-0.4, -0.2) is 44.1 Å². The van der Waals surface area contributed by atoms with Crippen molar-refractivity contribution in [2.45, 2.75) is 30.4 Å². The molecule has 0 spiro atoms. The number of hydrogen-bond acceptors (Lipinski definition) is 4. The minimum atomic E-state index is -5.02. The number of hydrogen-bond donors (Lipinski definition) is 2. The van der Waals surface area contributed by atoms with Gasteiger partial charge in [-0.25, -0.2) is 18.4 Å². The molecule has 1 unspecified atom stereocenters. The SMILES string of the molecule is COC(=O)C(F)(F)CNC(=O)NC(Cc1ccccc1)(c1ccc(F)cc1)c1cc(F)cc(OC(F)(F)C(F)F)c1. The molecule has 0 fully saturated rings. The quantitative estimate of drug-likeness (QED) is 0.219. The molecule has 0 saturated heterocycles. The number of ether oxygens (including phenoxy) is 2. The lowest BCUT2D eigenvalue weighted by molar-refractivity contribution is -0.253. The van der Waals surface area contributed by atoms with Crippen LogP contribution in [0.3, 0.4) is 0 Å². The third-order valence-electron chi connectivity index (χ3n) is 5.80. The Bertz CT molecular complexity index is 1360. The average Bonchev–Trinajstić information content (AvgIpc) is 2.91. The van der Waals surface area contributed by atoms with E-state index in [2.05, 4.69) is 14.8 Å². The van der Waals surface area contributed by atoms with Gasteiger partial charge in [-0.2, -0.15) is 26.3 Å². The summed E-state index contributed by atoms with van der Waals surface area (Å²) >= 11 is 0. The molecule has 0 bridgehead atoms. The maximum Gasteiger partial charge on any atom is 0.461 e. The first-order valence-electron chi connectivity index (χ1n) is 11.7. The zero-order valence-electron chi connectivity index (χ0n) is 21.1. The molecular weight excluding hydrogens is 568 g/mol. The van der Waals surface area contributed by atoms with Crippen LogP contribution in [0.4, 0.5) is 39.9 Å². The number of rotatable bonds is 11. The Morgan fingerprint density at radius 3 is 2.07 bits per heavy atom. The third-order valence-corrected chi connectivity index (χ3v) is 5.80. The van der Waals surface area contributed by atoms with E-state index in [9.17, 15) is 44.7 Å². The maximum atomic E-state index is 14.8. The van der Waals surface area contributed by atoms with E-state index >= 15 is 0 Å². The lowest BCUT2D eigenvalue weighted by Gasteiger charge is -2.37. The Kier molecular flexibility index (Phi) is 9.46. The van der Waals surface area contributed by atoms with Crippen molar-refractivity contribution in [3.63, 3.8) is 0 Å². The van der Waals surface area contributed by atoms with Crippen LogP contribution >= 0.6 is 0 Å². The van der Waals surface area contributed by atoms with Gasteiger partial charge in [0.2, 0.25) is 0 Å². The summed E-state index contributed by atoms with van der Waals surface area (Å²) in [4.78, 5) is 24.3. The molecular formula is C27H22F8N2O4. The molecule has 0 saturated carbocycles. The highest BCUT2D eigenvalue weighted by Gasteiger charge is 2.45. The van der Waals surface area contributed by atoms with Crippen molar-refractivity contribution in [1.29, 1.82) is 0 Å². The number of urea groups is 1. The van der Waals surface area contributed by atoms with Gasteiger partial charge in [0.1, 0.15) is 17.4 Å². The van der Waals surface area contributed by atoms with Crippen LogP contribution in [0, 0.1) is 11.6 Å². The highest BCUT2D eigenvalue weighted by molar-refractivity contribution is 5.80. The van der Waals surface area contributed by atoms with Gasteiger partial charge >= 0.3 is 30.5 Å². The van der Waals surface area contributed by atoms with E-state index in [-0.39, 0.29) is 17.5 Å². The molecule has 41 heavy (non-hydrogen) atoms. The molecule has 220 valence electrons. The van der Waals surface area contributed by atoms with Crippen LogP contribution in [0.25, 0.3) is 0 Å². The van der Waals surface area contributed by atoms with E-state index in [1.54, 1.807) is 35.6 Å². The largest absolute Gasteiger partial charge is 0.465 e. The molecule has 1 atom stereocenters. The predicted octanol–water partition coefficient (Wildman–Crippen LogP) is 5.80. The molecule has 3 aromatic rings.